The van der Waals surface area contributed by atoms with E-state index in [2.05, 4.69) is 43.5 Å². The fraction of sp³-hybridized carbons (Fsp3) is 0.370. The van der Waals surface area contributed by atoms with Crippen LogP contribution in [-0.2, 0) is 16.6 Å². The minimum atomic E-state index is -0.365. The van der Waals surface area contributed by atoms with Crippen LogP contribution in [0.25, 0.3) is 5.69 Å². The van der Waals surface area contributed by atoms with Gasteiger partial charge in [-0.2, -0.15) is 5.10 Å². The molecule has 2 N–H and O–H groups in total. The number of nitrogens with one attached hydrogen (secondary N) is 2. The Morgan fingerprint density at radius 3 is 2.56 bits per heavy atom. The predicted octanol–water partition coefficient (Wildman–Crippen LogP) is 5.55. The van der Waals surface area contributed by atoms with Gasteiger partial charge >= 0.3 is 12.0 Å². The van der Waals surface area contributed by atoms with Gasteiger partial charge in [-0.05, 0) is 61.6 Å². The van der Waals surface area contributed by atoms with Crippen molar-refractivity contribution in [3.05, 3.63) is 77.0 Å². The number of ether oxygens (including phenoxy) is 1. The lowest BCUT2D eigenvalue weighted by Gasteiger charge is -2.26. The zero-order chi connectivity index (χ0) is 24.3. The lowest BCUT2D eigenvalue weighted by molar-refractivity contribution is 0.0526. The molecule has 2 amide bonds. The first-order valence-electron chi connectivity index (χ1n) is 11.8. The van der Waals surface area contributed by atoms with Crippen LogP contribution in [0.2, 0.25) is 0 Å². The molecular weight excluding hydrogens is 428 g/mol. The molecule has 0 saturated heterocycles. The number of carbonyl (C=O) groups is 2. The van der Waals surface area contributed by atoms with Crippen LogP contribution in [-0.4, -0.2) is 28.4 Å². The minimum Gasteiger partial charge on any atom is -0.462 e. The van der Waals surface area contributed by atoms with Gasteiger partial charge in [0.25, 0.3) is 0 Å². The molecule has 0 bridgehead atoms. The van der Waals surface area contributed by atoms with Crippen LogP contribution in [0.1, 0.15) is 73.8 Å². The molecule has 1 atom stereocenters. The molecule has 0 fully saturated rings. The lowest BCUT2D eigenvalue weighted by Crippen LogP contribution is -2.34. The molecule has 0 aliphatic heterocycles. The van der Waals surface area contributed by atoms with E-state index in [1.165, 1.54) is 11.1 Å². The SMILES string of the molecule is CCOC(=O)c1ccc(-n2nc(C(C)(C)C)cc2NC(=O)NC2CCCc3ccccc32)cc1. The Bertz CT molecular complexity index is 1180. The summed E-state index contributed by atoms with van der Waals surface area (Å²) in [6.45, 7) is 8.33. The summed E-state index contributed by atoms with van der Waals surface area (Å²) in [7, 11) is 0. The molecule has 1 aromatic heterocycles. The molecule has 1 aliphatic rings. The summed E-state index contributed by atoms with van der Waals surface area (Å²) in [5.74, 6) is 0.200. The minimum absolute atomic E-state index is 0.0210. The highest BCUT2D eigenvalue weighted by Gasteiger charge is 2.24. The molecular formula is C27H32N4O3. The highest BCUT2D eigenvalue weighted by atomic mass is 16.5. The Morgan fingerprint density at radius 1 is 1.12 bits per heavy atom. The molecule has 0 saturated carbocycles. The quantitative estimate of drug-likeness (QED) is 0.489. The number of esters is 1. The van der Waals surface area contributed by atoms with E-state index in [1.54, 1.807) is 35.9 Å². The fourth-order valence-electron chi connectivity index (χ4n) is 4.20. The van der Waals surface area contributed by atoms with Crippen LogP contribution < -0.4 is 10.6 Å². The van der Waals surface area contributed by atoms with Crippen LogP contribution in [0.5, 0.6) is 0 Å². The van der Waals surface area contributed by atoms with Gasteiger partial charge in [-0.25, -0.2) is 14.3 Å². The van der Waals surface area contributed by atoms with Crippen molar-refractivity contribution in [1.29, 1.82) is 0 Å². The maximum atomic E-state index is 13.0. The van der Waals surface area contributed by atoms with E-state index in [-0.39, 0.29) is 23.5 Å². The largest absolute Gasteiger partial charge is 0.462 e. The summed E-state index contributed by atoms with van der Waals surface area (Å²) in [5.41, 5.74) is 4.33. The summed E-state index contributed by atoms with van der Waals surface area (Å²) in [5, 5.41) is 10.9. The highest BCUT2D eigenvalue weighted by molar-refractivity contribution is 5.90. The highest BCUT2D eigenvalue weighted by Crippen LogP contribution is 2.30. The van der Waals surface area contributed by atoms with Gasteiger partial charge in [-0.15, -0.1) is 0 Å². The van der Waals surface area contributed by atoms with E-state index in [1.807, 2.05) is 18.2 Å². The second-order valence-corrected chi connectivity index (χ2v) is 9.59. The summed E-state index contributed by atoms with van der Waals surface area (Å²) in [6.07, 6.45) is 2.99. The van der Waals surface area contributed by atoms with Gasteiger partial charge in [0.15, 0.2) is 0 Å². The number of nitrogens with zero attached hydrogens (tertiary/aromatic N) is 2. The van der Waals surface area contributed by atoms with Crippen molar-refractivity contribution in [2.45, 2.75) is 58.4 Å². The Labute approximate surface area is 200 Å². The van der Waals surface area contributed by atoms with Crippen molar-refractivity contribution < 1.29 is 14.3 Å². The Morgan fingerprint density at radius 2 is 1.85 bits per heavy atom. The van der Waals surface area contributed by atoms with Gasteiger partial charge in [0.05, 0.1) is 29.6 Å². The third-order valence-electron chi connectivity index (χ3n) is 6.02. The number of aromatic nitrogens is 2. The standard InChI is InChI=1S/C27H32N4O3/c1-5-34-25(32)19-13-15-20(16-14-19)31-24(17-23(30-31)27(2,3)4)29-26(33)28-22-12-8-10-18-9-6-7-11-21(18)22/h6-7,9,11,13-17,22H,5,8,10,12H2,1-4H3,(H2,28,29,33). The number of anilines is 1. The number of benzene rings is 2. The van der Waals surface area contributed by atoms with Gasteiger partial charge < -0.3 is 10.1 Å². The van der Waals surface area contributed by atoms with Crippen molar-refractivity contribution in [3.8, 4) is 5.69 Å². The van der Waals surface area contributed by atoms with Crippen molar-refractivity contribution in [2.75, 3.05) is 11.9 Å². The molecule has 1 heterocycles. The van der Waals surface area contributed by atoms with E-state index in [0.717, 1.165) is 30.6 Å². The van der Waals surface area contributed by atoms with Crippen molar-refractivity contribution >= 4 is 17.8 Å². The number of amides is 2. The zero-order valence-electron chi connectivity index (χ0n) is 20.2. The van der Waals surface area contributed by atoms with Gasteiger partial charge in [0.1, 0.15) is 5.82 Å². The topological polar surface area (TPSA) is 85.2 Å². The smallest absolute Gasteiger partial charge is 0.338 e. The summed E-state index contributed by atoms with van der Waals surface area (Å²) < 4.78 is 6.77. The average Bonchev–Trinajstić information content (AvgIpc) is 3.24. The molecule has 7 nitrogen and oxygen atoms in total. The molecule has 1 unspecified atom stereocenters. The Hall–Kier alpha value is -3.61. The second kappa shape index (κ2) is 9.71. The fourth-order valence-corrected chi connectivity index (χ4v) is 4.20. The first kappa shape index (κ1) is 23.5. The van der Waals surface area contributed by atoms with Crippen molar-refractivity contribution in [3.63, 3.8) is 0 Å². The van der Waals surface area contributed by atoms with Gasteiger partial charge in [0, 0.05) is 11.5 Å². The first-order valence-corrected chi connectivity index (χ1v) is 11.8. The maximum absolute atomic E-state index is 13.0. The predicted molar refractivity (Wildman–Crippen MR) is 132 cm³/mol. The van der Waals surface area contributed by atoms with Gasteiger partial charge in [0.2, 0.25) is 0 Å². The lowest BCUT2D eigenvalue weighted by atomic mass is 9.88. The monoisotopic (exact) mass is 460 g/mol. The molecule has 2 aromatic carbocycles. The number of fused-ring (bicyclic) bond motifs is 1. The normalized spacial score (nSPS) is 15.4. The van der Waals surface area contributed by atoms with Gasteiger partial charge in [-0.3, -0.25) is 5.32 Å². The number of hydrogen-bond acceptors (Lipinski definition) is 4. The van der Waals surface area contributed by atoms with E-state index in [0.29, 0.717) is 18.0 Å². The van der Waals surface area contributed by atoms with Crippen LogP contribution in [0.3, 0.4) is 0 Å². The van der Waals surface area contributed by atoms with Crippen molar-refractivity contribution in [1.82, 2.24) is 15.1 Å². The number of urea groups is 1. The number of rotatable bonds is 5. The van der Waals surface area contributed by atoms with Crippen LogP contribution in [0.15, 0.2) is 54.6 Å². The third kappa shape index (κ3) is 5.14. The molecule has 178 valence electrons. The molecule has 34 heavy (non-hydrogen) atoms. The molecule has 0 radical (unpaired) electrons. The first-order chi connectivity index (χ1) is 16.3. The Kier molecular flexibility index (Phi) is 6.72. The van der Waals surface area contributed by atoms with E-state index in [9.17, 15) is 9.59 Å². The molecule has 3 aromatic rings. The number of hydrogen-bond donors (Lipinski definition) is 2. The zero-order valence-corrected chi connectivity index (χ0v) is 20.2. The van der Waals surface area contributed by atoms with E-state index < -0.39 is 0 Å². The molecule has 4 rings (SSSR count). The van der Waals surface area contributed by atoms with E-state index >= 15 is 0 Å². The average molecular weight is 461 g/mol. The maximum Gasteiger partial charge on any atom is 0.338 e. The van der Waals surface area contributed by atoms with Crippen LogP contribution in [0.4, 0.5) is 10.6 Å². The summed E-state index contributed by atoms with van der Waals surface area (Å²) in [4.78, 5) is 25.0. The number of carbonyl (C=O) groups excluding carboxylic acids is 2. The Balaban J connectivity index is 1.58. The third-order valence-corrected chi connectivity index (χ3v) is 6.02. The summed E-state index contributed by atoms with van der Waals surface area (Å²) >= 11 is 0. The van der Waals surface area contributed by atoms with Crippen LogP contribution >= 0.6 is 0 Å². The van der Waals surface area contributed by atoms with Crippen LogP contribution in [0, 0.1) is 0 Å². The number of aryl methyl sites for hydroxylation is 1. The van der Waals surface area contributed by atoms with Gasteiger partial charge in [-0.1, -0.05) is 45.0 Å². The molecule has 1 aliphatic carbocycles. The van der Waals surface area contributed by atoms with E-state index in [4.69, 9.17) is 9.84 Å². The summed E-state index contributed by atoms with van der Waals surface area (Å²) in [6, 6.07) is 16.9. The van der Waals surface area contributed by atoms with Crippen molar-refractivity contribution in [2.24, 2.45) is 0 Å². The molecule has 0 spiro atoms. The second-order valence-electron chi connectivity index (χ2n) is 9.59. The molecule has 7 heteroatoms.